The number of nitrogens with zero attached hydrogens (tertiary/aromatic N) is 3. The van der Waals surface area contributed by atoms with Crippen LogP contribution in [0, 0.1) is 0 Å². The van der Waals surface area contributed by atoms with E-state index in [4.69, 9.17) is 10.5 Å². The van der Waals surface area contributed by atoms with Gasteiger partial charge in [-0.15, -0.1) is 0 Å². The van der Waals surface area contributed by atoms with Crippen LogP contribution in [-0.4, -0.2) is 62.5 Å². The van der Waals surface area contributed by atoms with Gasteiger partial charge in [-0.3, -0.25) is 4.79 Å². The molecule has 10 nitrogen and oxygen atoms in total. The van der Waals surface area contributed by atoms with E-state index in [2.05, 4.69) is 4.98 Å². The van der Waals surface area contributed by atoms with Gasteiger partial charge in [-0.05, 0) is 49.9 Å². The Morgan fingerprint density at radius 2 is 1.38 bits per heavy atom. The van der Waals surface area contributed by atoms with Gasteiger partial charge in [0.15, 0.2) is 0 Å². The number of hydrogen-bond acceptors (Lipinski definition) is 7. The summed E-state index contributed by atoms with van der Waals surface area (Å²) in [5, 5.41) is 0. The van der Waals surface area contributed by atoms with Crippen molar-refractivity contribution in [3.63, 3.8) is 0 Å². The van der Waals surface area contributed by atoms with E-state index in [0.717, 1.165) is 25.7 Å². The quantitative estimate of drug-likeness (QED) is 0.634. The molecule has 2 aliphatic rings. The summed E-state index contributed by atoms with van der Waals surface area (Å²) in [6, 6.07) is 6.65. The molecule has 0 radical (unpaired) electrons. The normalized spacial score (nSPS) is 18.1. The predicted molar refractivity (Wildman–Crippen MR) is 115 cm³/mol. The van der Waals surface area contributed by atoms with Crippen LogP contribution in [0.2, 0.25) is 0 Å². The Kier molecular flexibility index (Phi) is 6.21. The molecule has 2 aliphatic heterocycles. The highest BCUT2D eigenvalue weighted by atomic mass is 32.2. The van der Waals surface area contributed by atoms with Crippen molar-refractivity contribution >= 4 is 26.0 Å². The van der Waals surface area contributed by atoms with Crippen molar-refractivity contribution in [2.75, 3.05) is 26.2 Å². The van der Waals surface area contributed by atoms with E-state index in [1.54, 1.807) is 0 Å². The average Bonchev–Trinajstić information content (AvgIpc) is 3.49. The van der Waals surface area contributed by atoms with Crippen LogP contribution >= 0.6 is 0 Å². The molecule has 0 atom stereocenters. The molecular weight excluding hydrogens is 456 g/mol. The Hall–Kier alpha value is -2.54. The standard InChI is InChI=1S/C20H24N4O6S2/c21-20(25)17-13-15(31(26,27)23-9-1-2-10-23)5-7-18(17)30-19-8-6-16(14-22-19)32(28,29)24-11-3-4-12-24/h5-8,13-14H,1-4,9-12H2,(H2,21,25). The third-order valence-corrected chi connectivity index (χ3v) is 9.32. The minimum atomic E-state index is -3.73. The van der Waals surface area contributed by atoms with Crippen LogP contribution in [0.5, 0.6) is 11.6 Å². The van der Waals surface area contributed by atoms with Gasteiger partial charge in [0.1, 0.15) is 10.6 Å². The molecule has 0 aliphatic carbocycles. The van der Waals surface area contributed by atoms with Gasteiger partial charge >= 0.3 is 0 Å². The SMILES string of the molecule is NC(=O)c1cc(S(=O)(=O)N2CCCC2)ccc1Oc1ccc(S(=O)(=O)N2CCCC2)cn1. The van der Waals surface area contributed by atoms with Gasteiger partial charge < -0.3 is 10.5 Å². The number of hydrogen-bond donors (Lipinski definition) is 1. The van der Waals surface area contributed by atoms with E-state index in [0.29, 0.717) is 26.2 Å². The van der Waals surface area contributed by atoms with Crippen molar-refractivity contribution in [1.29, 1.82) is 0 Å². The Morgan fingerprint density at radius 3 is 1.88 bits per heavy atom. The maximum atomic E-state index is 12.8. The van der Waals surface area contributed by atoms with Gasteiger partial charge in [0.25, 0.3) is 5.91 Å². The number of pyridine rings is 1. The van der Waals surface area contributed by atoms with Crippen LogP contribution in [-0.2, 0) is 20.0 Å². The van der Waals surface area contributed by atoms with Crippen molar-refractivity contribution in [2.45, 2.75) is 35.5 Å². The molecule has 2 aromatic rings. The second kappa shape index (κ2) is 8.77. The van der Waals surface area contributed by atoms with Gasteiger partial charge in [-0.1, -0.05) is 0 Å². The van der Waals surface area contributed by atoms with Crippen LogP contribution in [0.3, 0.4) is 0 Å². The molecule has 2 saturated heterocycles. The third-order valence-electron chi connectivity index (χ3n) is 5.55. The van der Waals surface area contributed by atoms with Crippen molar-refractivity contribution < 1.29 is 26.4 Å². The fourth-order valence-electron chi connectivity index (χ4n) is 3.80. The Balaban J connectivity index is 1.58. The highest BCUT2D eigenvalue weighted by Gasteiger charge is 2.29. The average molecular weight is 481 g/mol. The van der Waals surface area contributed by atoms with E-state index in [9.17, 15) is 21.6 Å². The van der Waals surface area contributed by atoms with Crippen molar-refractivity contribution in [3.8, 4) is 11.6 Å². The Bertz CT molecular complexity index is 1220. The minimum absolute atomic E-state index is 0.0283. The summed E-state index contributed by atoms with van der Waals surface area (Å²) in [5.74, 6) is -0.782. The third kappa shape index (κ3) is 4.35. The van der Waals surface area contributed by atoms with Gasteiger partial charge in [0.05, 0.1) is 16.7 Å². The van der Waals surface area contributed by atoms with Gasteiger partial charge in [-0.2, -0.15) is 8.61 Å². The monoisotopic (exact) mass is 480 g/mol. The van der Waals surface area contributed by atoms with Crippen molar-refractivity contribution in [2.24, 2.45) is 5.73 Å². The maximum Gasteiger partial charge on any atom is 0.252 e. The number of ether oxygens (including phenoxy) is 1. The molecule has 1 aromatic carbocycles. The molecule has 1 aromatic heterocycles. The molecule has 2 fully saturated rings. The van der Waals surface area contributed by atoms with Crippen molar-refractivity contribution in [1.82, 2.24) is 13.6 Å². The number of carbonyl (C=O) groups excluding carboxylic acids is 1. The first-order chi connectivity index (χ1) is 15.2. The zero-order valence-electron chi connectivity index (χ0n) is 17.3. The number of amides is 1. The van der Waals surface area contributed by atoms with Crippen LogP contribution in [0.15, 0.2) is 46.3 Å². The molecule has 4 rings (SSSR count). The lowest BCUT2D eigenvalue weighted by Gasteiger charge is -2.17. The first kappa shape index (κ1) is 22.6. The molecule has 32 heavy (non-hydrogen) atoms. The van der Waals surface area contributed by atoms with Crippen LogP contribution < -0.4 is 10.5 Å². The first-order valence-corrected chi connectivity index (χ1v) is 13.2. The van der Waals surface area contributed by atoms with E-state index in [1.807, 2.05) is 0 Å². The molecule has 3 heterocycles. The fraction of sp³-hybridized carbons (Fsp3) is 0.400. The molecule has 2 N–H and O–H groups in total. The maximum absolute atomic E-state index is 12.8. The second-order valence-electron chi connectivity index (χ2n) is 7.68. The molecule has 172 valence electrons. The number of primary amides is 1. The number of sulfonamides is 2. The number of aromatic nitrogens is 1. The van der Waals surface area contributed by atoms with E-state index in [-0.39, 0.29) is 27.0 Å². The van der Waals surface area contributed by atoms with Gasteiger partial charge in [0.2, 0.25) is 25.9 Å². The molecule has 12 heteroatoms. The van der Waals surface area contributed by atoms with E-state index >= 15 is 0 Å². The topological polar surface area (TPSA) is 140 Å². The number of rotatable bonds is 7. The van der Waals surface area contributed by atoms with E-state index in [1.165, 1.54) is 45.1 Å². The number of nitrogens with two attached hydrogens (primary N) is 1. The smallest absolute Gasteiger partial charge is 0.252 e. The molecule has 0 bridgehead atoms. The lowest BCUT2D eigenvalue weighted by atomic mass is 10.2. The van der Waals surface area contributed by atoms with Gasteiger partial charge in [0, 0.05) is 32.2 Å². The Labute approximate surface area is 187 Å². The lowest BCUT2D eigenvalue weighted by molar-refractivity contribution is 0.0998. The number of carbonyl (C=O) groups is 1. The summed E-state index contributed by atoms with van der Waals surface area (Å²) in [6.45, 7) is 1.83. The van der Waals surface area contributed by atoms with Crippen molar-refractivity contribution in [3.05, 3.63) is 42.1 Å². The zero-order chi connectivity index (χ0) is 22.9. The minimum Gasteiger partial charge on any atom is -0.438 e. The van der Waals surface area contributed by atoms with Crippen LogP contribution in [0.25, 0.3) is 0 Å². The predicted octanol–water partition coefficient (Wildman–Crippen LogP) is 1.54. The molecule has 0 saturated carbocycles. The zero-order valence-corrected chi connectivity index (χ0v) is 18.9. The van der Waals surface area contributed by atoms with Crippen LogP contribution in [0.1, 0.15) is 36.0 Å². The second-order valence-corrected chi connectivity index (χ2v) is 11.6. The first-order valence-electron chi connectivity index (χ1n) is 10.3. The summed E-state index contributed by atoms with van der Waals surface area (Å²) >= 11 is 0. The summed E-state index contributed by atoms with van der Waals surface area (Å²) in [7, 11) is -7.34. The fourth-order valence-corrected chi connectivity index (χ4v) is 6.81. The summed E-state index contributed by atoms with van der Waals surface area (Å²) in [6.07, 6.45) is 4.43. The molecule has 0 unspecified atom stereocenters. The molecule has 0 spiro atoms. The highest BCUT2D eigenvalue weighted by molar-refractivity contribution is 7.89. The molecule has 1 amide bonds. The summed E-state index contributed by atoms with van der Waals surface area (Å²) in [5.41, 5.74) is 5.34. The summed E-state index contributed by atoms with van der Waals surface area (Å²) < 4.78 is 59.2. The Morgan fingerprint density at radius 1 is 0.844 bits per heavy atom. The van der Waals surface area contributed by atoms with Crippen LogP contribution in [0.4, 0.5) is 0 Å². The molecular formula is C20H24N4O6S2. The summed E-state index contributed by atoms with van der Waals surface area (Å²) in [4.78, 5) is 16.0. The highest BCUT2D eigenvalue weighted by Crippen LogP contribution is 2.30. The lowest BCUT2D eigenvalue weighted by Crippen LogP contribution is -2.28. The largest absolute Gasteiger partial charge is 0.438 e. The van der Waals surface area contributed by atoms with Gasteiger partial charge in [-0.25, -0.2) is 21.8 Å². The number of benzene rings is 1. The van der Waals surface area contributed by atoms with E-state index < -0.39 is 26.0 Å².